The van der Waals surface area contributed by atoms with Gasteiger partial charge in [-0.25, -0.2) is 0 Å². The van der Waals surface area contributed by atoms with Crippen molar-refractivity contribution in [2.75, 3.05) is 0 Å². The smallest absolute Gasteiger partial charge is 0.312 e. The van der Waals surface area contributed by atoms with Crippen LogP contribution in [-0.2, 0) is 4.79 Å². The summed E-state index contributed by atoms with van der Waals surface area (Å²) < 4.78 is 11.8. The van der Waals surface area contributed by atoms with Crippen LogP contribution >= 0.6 is 0 Å². The Morgan fingerprint density at radius 3 is 2.48 bits per heavy atom. The Morgan fingerprint density at radius 2 is 1.84 bits per heavy atom. The van der Waals surface area contributed by atoms with Gasteiger partial charge in [0, 0.05) is 17.4 Å². The van der Waals surface area contributed by atoms with Crippen molar-refractivity contribution in [3.05, 3.63) is 58.7 Å². The van der Waals surface area contributed by atoms with Gasteiger partial charge in [0.25, 0.3) is 0 Å². The second-order valence-corrected chi connectivity index (χ2v) is 8.78. The highest BCUT2D eigenvalue weighted by Crippen LogP contribution is 2.54. The Hall–Kier alpha value is -3.12. The number of aromatic hydroxyl groups is 1. The number of Topliss-reactive ketones (excluding diaryl/α,β-unsaturated/α-hetero) is 1. The number of fused-ring (bicyclic) bond motifs is 3. The van der Waals surface area contributed by atoms with Crippen LogP contribution in [-0.4, -0.2) is 33.7 Å². The number of rotatable bonds is 4. The van der Waals surface area contributed by atoms with Crippen molar-refractivity contribution < 1.29 is 29.3 Å². The molecule has 0 aromatic heterocycles. The fourth-order valence-corrected chi connectivity index (χ4v) is 4.07. The molecule has 0 bridgehead atoms. The molecule has 0 radical (unpaired) electrons. The van der Waals surface area contributed by atoms with E-state index in [1.165, 1.54) is 6.92 Å². The molecule has 0 aliphatic carbocycles. The van der Waals surface area contributed by atoms with Gasteiger partial charge in [0.1, 0.15) is 22.7 Å². The van der Waals surface area contributed by atoms with Gasteiger partial charge >= 0.3 is 5.97 Å². The van der Waals surface area contributed by atoms with E-state index in [0.29, 0.717) is 16.9 Å². The monoisotopic (exact) mass is 422 g/mol. The van der Waals surface area contributed by atoms with Gasteiger partial charge in [-0.05, 0) is 38.5 Å². The molecule has 2 aromatic rings. The predicted octanol–water partition coefficient (Wildman–Crippen LogP) is 4.22. The first-order chi connectivity index (χ1) is 14.6. The molecule has 0 spiro atoms. The summed E-state index contributed by atoms with van der Waals surface area (Å²) in [6, 6.07) is 9.48. The number of aliphatic hydroxyl groups excluding tert-OH is 1. The molecule has 3 atom stereocenters. The lowest BCUT2D eigenvalue weighted by molar-refractivity contribution is -0.135. The minimum atomic E-state index is -0.937. The molecule has 0 amide bonds. The van der Waals surface area contributed by atoms with E-state index in [2.05, 4.69) is 0 Å². The third kappa shape index (κ3) is 3.61. The minimum absolute atomic E-state index is 0.0185. The number of phenolic OH excluding ortho intramolecular Hbond substituents is 1. The highest BCUT2D eigenvalue weighted by atomic mass is 16.5. The van der Waals surface area contributed by atoms with Crippen LogP contribution < -0.4 is 9.47 Å². The lowest BCUT2D eigenvalue weighted by Crippen LogP contribution is -2.32. The van der Waals surface area contributed by atoms with Crippen LogP contribution in [0.5, 0.6) is 17.2 Å². The zero-order valence-electron chi connectivity index (χ0n) is 18.0. The van der Waals surface area contributed by atoms with Gasteiger partial charge in [-0.2, -0.15) is 0 Å². The molecule has 4 rings (SSSR count). The van der Waals surface area contributed by atoms with Crippen LogP contribution in [0, 0.1) is 5.92 Å². The largest absolute Gasteiger partial charge is 0.506 e. The van der Waals surface area contributed by atoms with E-state index in [9.17, 15) is 19.8 Å². The van der Waals surface area contributed by atoms with E-state index in [0.717, 1.165) is 5.56 Å². The molecule has 0 unspecified atom stereocenters. The molecule has 0 saturated heterocycles. The van der Waals surface area contributed by atoms with Crippen LogP contribution in [0.3, 0.4) is 0 Å². The summed E-state index contributed by atoms with van der Waals surface area (Å²) >= 11 is 0. The number of benzene rings is 2. The molecule has 162 valence electrons. The number of ketones is 1. The van der Waals surface area contributed by atoms with Crippen LogP contribution in [0.25, 0.3) is 6.08 Å². The molecule has 31 heavy (non-hydrogen) atoms. The predicted molar refractivity (Wildman–Crippen MR) is 116 cm³/mol. The Bertz CT molecular complexity index is 1080. The van der Waals surface area contributed by atoms with Crippen molar-refractivity contribution in [3.63, 3.8) is 0 Å². The Kier molecular flexibility index (Phi) is 5.13. The van der Waals surface area contributed by atoms with E-state index in [4.69, 9.17) is 9.47 Å². The van der Waals surface area contributed by atoms with Crippen molar-refractivity contribution in [2.24, 2.45) is 5.92 Å². The van der Waals surface area contributed by atoms with Crippen molar-refractivity contribution in [1.29, 1.82) is 0 Å². The average Bonchev–Trinajstić information content (AvgIpc) is 2.72. The van der Waals surface area contributed by atoms with Crippen LogP contribution in [0.15, 0.2) is 36.4 Å². The van der Waals surface area contributed by atoms with Crippen molar-refractivity contribution in [1.82, 2.24) is 0 Å². The summed E-state index contributed by atoms with van der Waals surface area (Å²) in [7, 11) is 0. The summed E-state index contributed by atoms with van der Waals surface area (Å²) in [5, 5.41) is 21.1. The summed E-state index contributed by atoms with van der Waals surface area (Å²) in [4.78, 5) is 25.8. The molecule has 2 aliphatic heterocycles. The normalized spacial score (nSPS) is 20.7. The number of carbonyl (C=O) groups is 2. The average molecular weight is 422 g/mol. The van der Waals surface area contributed by atoms with Gasteiger partial charge in [-0.15, -0.1) is 0 Å². The maximum Gasteiger partial charge on any atom is 0.312 e. The molecule has 6 nitrogen and oxygen atoms in total. The second kappa shape index (κ2) is 7.54. The number of ether oxygens (including phenoxy) is 2. The van der Waals surface area contributed by atoms with E-state index < -0.39 is 35.3 Å². The first-order valence-electron chi connectivity index (χ1n) is 10.4. The van der Waals surface area contributed by atoms with Crippen molar-refractivity contribution in [3.8, 4) is 17.2 Å². The minimum Gasteiger partial charge on any atom is -0.506 e. The van der Waals surface area contributed by atoms with Crippen molar-refractivity contribution >= 4 is 17.8 Å². The van der Waals surface area contributed by atoms with E-state index in [1.54, 1.807) is 19.1 Å². The fraction of sp³-hybridized carbons (Fsp3) is 0.360. The van der Waals surface area contributed by atoms with Crippen LogP contribution in [0.1, 0.15) is 67.1 Å². The Balaban J connectivity index is 2.05. The topological polar surface area (TPSA) is 93.1 Å². The van der Waals surface area contributed by atoms with Crippen LogP contribution in [0.2, 0.25) is 0 Å². The maximum atomic E-state index is 13.3. The number of aliphatic hydroxyl groups is 1. The Labute approximate surface area is 181 Å². The van der Waals surface area contributed by atoms with Gasteiger partial charge in [0.2, 0.25) is 0 Å². The highest BCUT2D eigenvalue weighted by Gasteiger charge is 2.41. The van der Waals surface area contributed by atoms with Gasteiger partial charge in [-0.1, -0.05) is 37.3 Å². The van der Waals surface area contributed by atoms with Gasteiger partial charge in [-0.3, -0.25) is 9.59 Å². The number of hydrogen-bond donors (Lipinski definition) is 2. The van der Waals surface area contributed by atoms with Crippen molar-refractivity contribution in [2.45, 2.75) is 51.7 Å². The van der Waals surface area contributed by atoms with E-state index >= 15 is 0 Å². The molecule has 0 fully saturated rings. The van der Waals surface area contributed by atoms with E-state index in [-0.39, 0.29) is 23.5 Å². The lowest BCUT2D eigenvalue weighted by atomic mass is 9.80. The lowest BCUT2D eigenvalue weighted by Gasteiger charge is -2.35. The standard InChI is InChI=1S/C25H26O6/c1-13(14(2)26)21(28)20-22(29)16-10-11-25(3,4)31-23(16)19-17(12-18(27)30-24(19)20)15-8-6-5-7-9-15/h5-11,13-14,17,26,29H,12H2,1-4H3/t13-,14+,17+/m1/s1. The number of phenols is 1. The second-order valence-electron chi connectivity index (χ2n) is 8.78. The number of esters is 1. The molecule has 2 aliphatic rings. The molecular weight excluding hydrogens is 396 g/mol. The molecule has 0 saturated carbocycles. The molecule has 2 N–H and O–H groups in total. The summed E-state index contributed by atoms with van der Waals surface area (Å²) in [6.07, 6.45) is 2.69. The zero-order valence-corrected chi connectivity index (χ0v) is 18.0. The van der Waals surface area contributed by atoms with E-state index in [1.807, 2.05) is 44.2 Å². The molecule has 6 heteroatoms. The third-order valence-electron chi connectivity index (χ3n) is 5.99. The zero-order chi connectivity index (χ0) is 22.5. The summed E-state index contributed by atoms with van der Waals surface area (Å²) in [5.41, 5.74) is 1.08. The van der Waals surface area contributed by atoms with Gasteiger partial charge < -0.3 is 19.7 Å². The molecular formula is C25H26O6. The van der Waals surface area contributed by atoms with Gasteiger partial charge in [0.05, 0.1) is 18.1 Å². The van der Waals surface area contributed by atoms with Gasteiger partial charge in [0.15, 0.2) is 11.5 Å². The Morgan fingerprint density at radius 1 is 1.16 bits per heavy atom. The third-order valence-corrected chi connectivity index (χ3v) is 5.99. The SMILES string of the molecule is C[C@H](O)[C@@H](C)C(=O)c1c(O)c2c(c3c1OC(=O)C[C@H]3c1ccccc1)OC(C)(C)C=C2. The highest BCUT2D eigenvalue weighted by molar-refractivity contribution is 6.06. The molecule has 2 aromatic carbocycles. The fourth-order valence-electron chi connectivity index (χ4n) is 4.07. The number of hydrogen-bond acceptors (Lipinski definition) is 6. The van der Waals surface area contributed by atoms with Crippen LogP contribution in [0.4, 0.5) is 0 Å². The first kappa shape index (κ1) is 21.1. The maximum absolute atomic E-state index is 13.3. The summed E-state index contributed by atoms with van der Waals surface area (Å²) in [6.45, 7) is 6.86. The first-order valence-corrected chi connectivity index (χ1v) is 10.4. The number of carbonyl (C=O) groups excluding carboxylic acids is 2. The molecule has 2 heterocycles. The summed E-state index contributed by atoms with van der Waals surface area (Å²) in [5.74, 6) is -2.07. The quantitative estimate of drug-likeness (QED) is 0.435.